The van der Waals surface area contributed by atoms with E-state index < -0.39 is 7.50 Å². The number of methoxy groups -OCH3 is 1. The summed E-state index contributed by atoms with van der Waals surface area (Å²) in [6.45, 7) is 15.0. The average Bonchev–Trinajstić information content (AvgIpc) is 2.58. The first kappa shape index (κ1) is 17.2. The van der Waals surface area contributed by atoms with Crippen LogP contribution in [-0.2, 0) is 25.9 Å². The maximum absolute atomic E-state index is 6.55. The molecule has 1 aromatic rings. The molecule has 1 heterocycles. The van der Waals surface area contributed by atoms with Crippen LogP contribution < -0.4 is 5.30 Å². The topological polar surface area (TPSA) is 18.5 Å². The fourth-order valence-electron chi connectivity index (χ4n) is 2.58. The van der Waals surface area contributed by atoms with Crippen LogP contribution in [0.3, 0.4) is 0 Å². The van der Waals surface area contributed by atoms with Crippen molar-refractivity contribution < 1.29 is 9.26 Å². The Labute approximate surface area is 134 Å². The smallest absolute Gasteiger partial charge is 0.158 e. The fraction of sp³-hybridized carbons (Fsp3) is 0.647. The molecule has 4 heteroatoms. The van der Waals surface area contributed by atoms with E-state index >= 15 is 0 Å². The van der Waals surface area contributed by atoms with Gasteiger partial charge in [-0.25, -0.2) is 0 Å². The highest BCUT2D eigenvalue weighted by Gasteiger charge is 2.43. The van der Waals surface area contributed by atoms with E-state index in [0.29, 0.717) is 0 Å². The van der Waals surface area contributed by atoms with Crippen LogP contribution in [0.1, 0.15) is 65.2 Å². The molecule has 0 radical (unpaired) electrons. The maximum Gasteiger partial charge on any atom is 0.158 e. The van der Waals surface area contributed by atoms with Crippen molar-refractivity contribution in [2.75, 3.05) is 7.11 Å². The van der Waals surface area contributed by atoms with Crippen molar-refractivity contribution in [1.29, 1.82) is 0 Å². The number of fused-ring (bicyclic) bond motifs is 1. The minimum Gasteiger partial charge on any atom is -0.374 e. The second-order valence-corrected chi connectivity index (χ2v) is 9.77. The Bertz CT molecular complexity index is 559. The van der Waals surface area contributed by atoms with Gasteiger partial charge in [0, 0.05) is 12.4 Å². The van der Waals surface area contributed by atoms with Crippen LogP contribution in [0.25, 0.3) is 0 Å². The Kier molecular flexibility index (Phi) is 4.26. The Morgan fingerprint density at radius 2 is 1.71 bits per heavy atom. The Hall–Kier alpha value is -0.140. The lowest BCUT2D eigenvalue weighted by molar-refractivity contribution is 0.0200. The summed E-state index contributed by atoms with van der Waals surface area (Å²) in [5.74, 6) is 0. The highest BCUT2D eigenvalue weighted by Crippen LogP contribution is 2.57. The molecular weight excluding hydrogens is 303 g/mol. The first-order chi connectivity index (χ1) is 9.40. The summed E-state index contributed by atoms with van der Waals surface area (Å²) >= 11 is 6.55. The van der Waals surface area contributed by atoms with Gasteiger partial charge in [0.15, 0.2) is 7.50 Å². The third-order valence-electron chi connectivity index (χ3n) is 4.27. The van der Waals surface area contributed by atoms with Crippen molar-refractivity contribution >= 4 is 24.0 Å². The summed E-state index contributed by atoms with van der Waals surface area (Å²) in [4.78, 5) is 0. The van der Waals surface area contributed by atoms with Gasteiger partial charge in [-0.1, -0.05) is 44.1 Å². The highest BCUT2D eigenvalue weighted by atomic mass is 35.7. The first-order valence-corrected chi connectivity index (χ1v) is 9.46. The Morgan fingerprint density at radius 3 is 2.19 bits per heavy atom. The summed E-state index contributed by atoms with van der Waals surface area (Å²) < 4.78 is 11.8. The van der Waals surface area contributed by atoms with Gasteiger partial charge in [0.05, 0.1) is 11.2 Å². The third kappa shape index (κ3) is 3.01. The number of benzene rings is 1. The second-order valence-electron chi connectivity index (χ2n) is 7.73. The standard InChI is InChI=1S/C17H26ClO2P/c1-15(2,3)11-9-12(16(4,5)19-8)14-13(10-11)17(6,7)20-21(14)18/h9-10H,1-8H3. The van der Waals surface area contributed by atoms with Crippen molar-refractivity contribution in [1.82, 2.24) is 0 Å². The molecule has 1 aromatic carbocycles. The van der Waals surface area contributed by atoms with Crippen LogP contribution in [0, 0.1) is 0 Å². The fourth-order valence-corrected chi connectivity index (χ4v) is 5.28. The van der Waals surface area contributed by atoms with Crippen LogP contribution in [0.15, 0.2) is 12.1 Å². The molecule has 0 saturated heterocycles. The van der Waals surface area contributed by atoms with E-state index in [1.807, 2.05) is 0 Å². The number of hydrogen-bond acceptors (Lipinski definition) is 2. The molecule has 1 atom stereocenters. The van der Waals surface area contributed by atoms with Gasteiger partial charge in [-0.3, -0.25) is 0 Å². The van der Waals surface area contributed by atoms with E-state index in [1.165, 1.54) is 11.1 Å². The predicted molar refractivity (Wildman–Crippen MR) is 91.7 cm³/mol. The van der Waals surface area contributed by atoms with Crippen molar-refractivity contribution in [2.24, 2.45) is 0 Å². The monoisotopic (exact) mass is 328 g/mol. The van der Waals surface area contributed by atoms with E-state index in [9.17, 15) is 0 Å². The SMILES string of the molecule is COC(C)(C)c1cc(C(C)(C)C)cc2c1P(Cl)OC2(C)C. The first-order valence-electron chi connectivity index (χ1n) is 7.30. The van der Waals surface area contributed by atoms with Gasteiger partial charge in [-0.15, -0.1) is 0 Å². The van der Waals surface area contributed by atoms with E-state index in [4.69, 9.17) is 20.5 Å². The Morgan fingerprint density at radius 1 is 1.14 bits per heavy atom. The number of ether oxygens (including phenoxy) is 1. The van der Waals surface area contributed by atoms with Gasteiger partial charge < -0.3 is 9.26 Å². The predicted octanol–water partition coefficient (Wildman–Crippen LogP) is 5.31. The van der Waals surface area contributed by atoms with Crippen LogP contribution in [0.2, 0.25) is 0 Å². The minimum absolute atomic E-state index is 0.0708. The molecule has 0 aliphatic carbocycles. The van der Waals surface area contributed by atoms with Gasteiger partial charge in [0.2, 0.25) is 0 Å². The van der Waals surface area contributed by atoms with Crippen molar-refractivity contribution in [3.8, 4) is 0 Å². The summed E-state index contributed by atoms with van der Waals surface area (Å²) in [5, 5.41) is 1.14. The van der Waals surface area contributed by atoms with Crippen molar-refractivity contribution in [3.63, 3.8) is 0 Å². The third-order valence-corrected chi connectivity index (χ3v) is 6.43. The molecular formula is C17H26ClO2P. The lowest BCUT2D eigenvalue weighted by Gasteiger charge is -2.30. The molecule has 2 rings (SSSR count). The summed E-state index contributed by atoms with van der Waals surface area (Å²) in [7, 11) is 0.628. The zero-order valence-corrected chi connectivity index (χ0v) is 15.9. The largest absolute Gasteiger partial charge is 0.374 e. The van der Waals surface area contributed by atoms with E-state index in [-0.39, 0.29) is 16.6 Å². The number of rotatable bonds is 2. The molecule has 2 nitrogen and oxygen atoms in total. The van der Waals surface area contributed by atoms with Gasteiger partial charge in [-0.2, -0.15) is 0 Å². The van der Waals surface area contributed by atoms with Gasteiger partial charge in [-0.05, 0) is 49.8 Å². The van der Waals surface area contributed by atoms with Crippen molar-refractivity contribution in [2.45, 2.75) is 65.1 Å². The molecule has 0 saturated carbocycles. The van der Waals surface area contributed by atoms with Gasteiger partial charge >= 0.3 is 0 Å². The molecule has 1 aliphatic rings. The molecule has 0 N–H and O–H groups in total. The summed E-state index contributed by atoms with van der Waals surface area (Å²) in [5.41, 5.74) is 2.99. The Balaban J connectivity index is 2.79. The van der Waals surface area contributed by atoms with E-state index in [2.05, 4.69) is 60.6 Å². The lowest BCUT2D eigenvalue weighted by Crippen LogP contribution is -2.30. The highest BCUT2D eigenvalue weighted by molar-refractivity contribution is 7.86. The lowest BCUT2D eigenvalue weighted by atomic mass is 9.80. The molecule has 118 valence electrons. The molecule has 0 amide bonds. The van der Waals surface area contributed by atoms with Crippen LogP contribution >= 0.6 is 18.7 Å². The minimum atomic E-state index is -1.12. The molecule has 0 fully saturated rings. The van der Waals surface area contributed by atoms with Gasteiger partial charge in [0.1, 0.15) is 0 Å². The summed E-state index contributed by atoms with van der Waals surface area (Å²) in [6, 6.07) is 4.50. The molecule has 1 aliphatic heterocycles. The van der Waals surface area contributed by atoms with Crippen LogP contribution in [-0.4, -0.2) is 7.11 Å². The maximum atomic E-state index is 6.55. The zero-order chi connectivity index (χ0) is 16.2. The molecule has 0 bridgehead atoms. The average molecular weight is 329 g/mol. The number of halogens is 1. The number of hydrogen-bond donors (Lipinski definition) is 0. The summed E-state index contributed by atoms with van der Waals surface area (Å²) in [6.07, 6.45) is 0. The van der Waals surface area contributed by atoms with Gasteiger partial charge in [0.25, 0.3) is 0 Å². The van der Waals surface area contributed by atoms with Crippen LogP contribution in [0.4, 0.5) is 0 Å². The normalized spacial score (nSPS) is 21.5. The van der Waals surface area contributed by atoms with E-state index in [1.54, 1.807) is 7.11 Å². The van der Waals surface area contributed by atoms with E-state index in [0.717, 1.165) is 10.9 Å². The molecule has 0 aromatic heterocycles. The molecule has 1 unspecified atom stereocenters. The van der Waals surface area contributed by atoms with Crippen LogP contribution in [0.5, 0.6) is 0 Å². The second kappa shape index (κ2) is 5.20. The molecule has 0 spiro atoms. The quantitative estimate of drug-likeness (QED) is 0.685. The zero-order valence-electron chi connectivity index (χ0n) is 14.3. The molecule has 21 heavy (non-hydrogen) atoms. The van der Waals surface area contributed by atoms with Crippen molar-refractivity contribution in [3.05, 3.63) is 28.8 Å².